The zero-order chi connectivity index (χ0) is 21.0. The zero-order valence-electron chi connectivity index (χ0n) is 16.5. The number of anilines is 1. The molecule has 0 unspecified atom stereocenters. The molecular formula is C20H24Cl2N4O3. The number of aryl methyl sites for hydroxylation is 1. The van der Waals surface area contributed by atoms with Gasteiger partial charge in [0.1, 0.15) is 5.02 Å². The van der Waals surface area contributed by atoms with Gasteiger partial charge in [0.25, 0.3) is 5.56 Å². The molecule has 1 amide bonds. The molecule has 7 nitrogen and oxygen atoms in total. The van der Waals surface area contributed by atoms with Crippen LogP contribution in [0.1, 0.15) is 24.8 Å². The number of nitrogens with one attached hydrogen (secondary N) is 1. The normalized spacial score (nSPS) is 14.8. The minimum Gasteiger partial charge on any atom is -0.384 e. The van der Waals surface area contributed by atoms with Crippen molar-refractivity contribution in [3.63, 3.8) is 0 Å². The number of likely N-dealkylation sites (tertiary alicyclic amines) is 1. The van der Waals surface area contributed by atoms with E-state index in [1.54, 1.807) is 25.4 Å². The van der Waals surface area contributed by atoms with Gasteiger partial charge in [0.2, 0.25) is 5.91 Å². The molecule has 1 N–H and O–H groups in total. The number of nitrogens with zero attached hydrogens (tertiary/aromatic N) is 3. The van der Waals surface area contributed by atoms with Gasteiger partial charge in [-0.1, -0.05) is 29.3 Å². The van der Waals surface area contributed by atoms with E-state index >= 15 is 0 Å². The summed E-state index contributed by atoms with van der Waals surface area (Å²) >= 11 is 12.5. The molecule has 9 heteroatoms. The van der Waals surface area contributed by atoms with E-state index in [2.05, 4.69) is 10.4 Å². The van der Waals surface area contributed by atoms with Gasteiger partial charge in [-0.3, -0.25) is 9.59 Å². The Morgan fingerprint density at radius 2 is 2.03 bits per heavy atom. The summed E-state index contributed by atoms with van der Waals surface area (Å²) in [5.74, 6) is 0.101. The Bertz CT molecular complexity index is 940. The highest BCUT2D eigenvalue weighted by atomic mass is 35.5. The molecular weight excluding hydrogens is 415 g/mol. The number of methoxy groups -OCH3 is 1. The zero-order valence-corrected chi connectivity index (χ0v) is 18.0. The second-order valence-electron chi connectivity index (χ2n) is 7.06. The molecule has 1 saturated heterocycles. The van der Waals surface area contributed by atoms with Gasteiger partial charge in [-0.15, -0.1) is 0 Å². The quantitative estimate of drug-likeness (QED) is 0.748. The molecule has 156 valence electrons. The number of amides is 1. The number of carbonyl (C=O) groups is 1. The smallest absolute Gasteiger partial charge is 0.292 e. The van der Waals surface area contributed by atoms with Gasteiger partial charge in [-0.25, -0.2) is 0 Å². The predicted octanol–water partition coefficient (Wildman–Crippen LogP) is 3.29. The van der Waals surface area contributed by atoms with Crippen LogP contribution in [0, 0.1) is 6.92 Å². The lowest BCUT2D eigenvalue weighted by molar-refractivity contribution is -0.133. The minimum atomic E-state index is -0.413. The number of halogens is 2. The lowest BCUT2D eigenvalue weighted by Gasteiger charge is -2.33. The second-order valence-corrected chi connectivity index (χ2v) is 7.85. The van der Waals surface area contributed by atoms with Gasteiger partial charge < -0.3 is 15.0 Å². The highest BCUT2D eigenvalue weighted by Gasteiger charge is 2.23. The van der Waals surface area contributed by atoms with Gasteiger partial charge in [0.15, 0.2) is 0 Å². The minimum absolute atomic E-state index is 0.0790. The maximum Gasteiger partial charge on any atom is 0.292 e. The summed E-state index contributed by atoms with van der Waals surface area (Å²) in [6.07, 6.45) is 3.48. The average molecular weight is 439 g/mol. The van der Waals surface area contributed by atoms with Crippen LogP contribution >= 0.6 is 23.2 Å². The predicted molar refractivity (Wildman–Crippen MR) is 114 cm³/mol. The lowest BCUT2D eigenvalue weighted by atomic mass is 10.0. The Morgan fingerprint density at radius 3 is 2.69 bits per heavy atom. The number of rotatable bonds is 6. The van der Waals surface area contributed by atoms with Crippen molar-refractivity contribution in [1.82, 2.24) is 14.7 Å². The maximum absolute atomic E-state index is 12.7. The first kappa shape index (κ1) is 21.6. The summed E-state index contributed by atoms with van der Waals surface area (Å²) in [4.78, 5) is 26.6. The Labute approximate surface area is 179 Å². The molecule has 1 aromatic heterocycles. The van der Waals surface area contributed by atoms with Crippen molar-refractivity contribution in [3.8, 4) is 5.69 Å². The summed E-state index contributed by atoms with van der Waals surface area (Å²) in [6.45, 7) is 3.63. The largest absolute Gasteiger partial charge is 0.384 e. The first-order chi connectivity index (χ1) is 13.9. The Morgan fingerprint density at radius 1 is 1.31 bits per heavy atom. The fraction of sp³-hybridized carbons (Fsp3) is 0.450. The third-order valence-corrected chi connectivity index (χ3v) is 5.82. The first-order valence-electron chi connectivity index (χ1n) is 9.48. The number of hydrogen-bond donors (Lipinski definition) is 1. The molecule has 0 bridgehead atoms. The summed E-state index contributed by atoms with van der Waals surface area (Å²) in [7, 11) is 1.59. The maximum atomic E-state index is 12.7. The van der Waals surface area contributed by atoms with Crippen molar-refractivity contribution in [3.05, 3.63) is 50.4 Å². The molecule has 1 aliphatic heterocycles. The molecule has 29 heavy (non-hydrogen) atoms. The molecule has 0 spiro atoms. The molecule has 3 rings (SSSR count). The van der Waals surface area contributed by atoms with Crippen molar-refractivity contribution < 1.29 is 9.53 Å². The number of piperidine rings is 1. The highest BCUT2D eigenvalue weighted by Crippen LogP contribution is 2.23. The number of aromatic nitrogens is 2. The lowest BCUT2D eigenvalue weighted by Crippen LogP contribution is -2.42. The second kappa shape index (κ2) is 9.61. The summed E-state index contributed by atoms with van der Waals surface area (Å²) in [6, 6.07) is 5.40. The fourth-order valence-electron chi connectivity index (χ4n) is 3.27. The highest BCUT2D eigenvalue weighted by molar-refractivity contribution is 6.33. The van der Waals surface area contributed by atoms with E-state index in [1.165, 1.54) is 4.68 Å². The molecule has 2 heterocycles. The van der Waals surface area contributed by atoms with E-state index in [0.717, 1.165) is 18.4 Å². The van der Waals surface area contributed by atoms with Crippen molar-refractivity contribution in [2.45, 2.75) is 32.2 Å². The molecule has 0 aliphatic carbocycles. The summed E-state index contributed by atoms with van der Waals surface area (Å²) in [5, 5.41) is 8.17. The third-order valence-electron chi connectivity index (χ3n) is 5.05. The van der Waals surface area contributed by atoms with Crippen LogP contribution in [0.25, 0.3) is 5.69 Å². The molecule has 0 atom stereocenters. The van der Waals surface area contributed by atoms with Gasteiger partial charge in [-0.05, 0) is 37.5 Å². The van der Waals surface area contributed by atoms with Crippen molar-refractivity contribution in [2.75, 3.05) is 32.1 Å². The van der Waals surface area contributed by atoms with Gasteiger partial charge in [-0.2, -0.15) is 9.78 Å². The fourth-order valence-corrected chi connectivity index (χ4v) is 3.63. The van der Waals surface area contributed by atoms with E-state index in [4.69, 9.17) is 27.9 Å². The van der Waals surface area contributed by atoms with Gasteiger partial charge in [0, 0.05) is 31.3 Å². The number of benzene rings is 1. The molecule has 2 aromatic rings. The van der Waals surface area contributed by atoms with E-state index < -0.39 is 5.56 Å². The van der Waals surface area contributed by atoms with Crippen molar-refractivity contribution in [1.29, 1.82) is 0 Å². The van der Waals surface area contributed by atoms with E-state index in [-0.39, 0.29) is 17.0 Å². The van der Waals surface area contributed by atoms with Gasteiger partial charge >= 0.3 is 0 Å². The van der Waals surface area contributed by atoms with Crippen LogP contribution in [-0.2, 0) is 9.53 Å². The van der Waals surface area contributed by atoms with Crippen LogP contribution in [0.15, 0.2) is 29.2 Å². The third kappa shape index (κ3) is 5.10. The first-order valence-corrected chi connectivity index (χ1v) is 10.2. The average Bonchev–Trinajstić information content (AvgIpc) is 2.72. The van der Waals surface area contributed by atoms with Gasteiger partial charge in [0.05, 0.1) is 30.6 Å². The van der Waals surface area contributed by atoms with Crippen LogP contribution in [0.3, 0.4) is 0 Å². The Kier molecular flexibility index (Phi) is 7.16. The monoisotopic (exact) mass is 438 g/mol. The van der Waals surface area contributed by atoms with Crippen molar-refractivity contribution >= 4 is 34.8 Å². The van der Waals surface area contributed by atoms with Crippen LogP contribution in [-0.4, -0.2) is 53.4 Å². The summed E-state index contributed by atoms with van der Waals surface area (Å²) < 4.78 is 6.19. The summed E-state index contributed by atoms with van der Waals surface area (Å²) in [5.41, 5.74) is 1.56. The molecule has 1 fully saturated rings. The number of ether oxygens (including phenoxy) is 1. The van der Waals surface area contributed by atoms with E-state index in [1.807, 2.05) is 17.9 Å². The standard InChI is InChI=1S/C20H24Cl2N4O3/c1-13-3-4-15(11-16(13)21)26-20(28)19(22)17(12-23-26)24-14-5-8-25(9-6-14)18(27)7-10-29-2/h3-4,11-12,14,24H,5-10H2,1-2H3. The van der Waals surface area contributed by atoms with Crippen LogP contribution < -0.4 is 10.9 Å². The Hall–Kier alpha value is -2.09. The van der Waals surface area contributed by atoms with Crippen molar-refractivity contribution in [2.24, 2.45) is 0 Å². The molecule has 0 radical (unpaired) electrons. The SMILES string of the molecule is COCCC(=O)N1CCC(Nc2cnn(-c3ccc(C)c(Cl)c3)c(=O)c2Cl)CC1. The van der Waals surface area contributed by atoms with Crippen LogP contribution in [0.4, 0.5) is 5.69 Å². The topological polar surface area (TPSA) is 76.5 Å². The number of carbonyl (C=O) groups excluding carboxylic acids is 1. The molecule has 0 saturated carbocycles. The van der Waals surface area contributed by atoms with E-state index in [9.17, 15) is 9.59 Å². The van der Waals surface area contributed by atoms with Crippen LogP contribution in [0.2, 0.25) is 10.0 Å². The van der Waals surface area contributed by atoms with E-state index in [0.29, 0.717) is 42.5 Å². The van der Waals surface area contributed by atoms with Crippen LogP contribution in [0.5, 0.6) is 0 Å². The molecule has 1 aliphatic rings. The number of hydrogen-bond acceptors (Lipinski definition) is 5. The molecule has 1 aromatic carbocycles. The Balaban J connectivity index is 1.67.